The van der Waals surface area contributed by atoms with Crippen LogP contribution < -0.4 is 5.32 Å². The van der Waals surface area contributed by atoms with Gasteiger partial charge in [-0.1, -0.05) is 13.8 Å². The van der Waals surface area contributed by atoms with Crippen LogP contribution in [-0.4, -0.2) is 39.6 Å². The van der Waals surface area contributed by atoms with Crippen molar-refractivity contribution < 1.29 is 14.7 Å². The lowest BCUT2D eigenvalue weighted by Gasteiger charge is -2.32. The molecule has 0 aliphatic carbocycles. The van der Waals surface area contributed by atoms with Gasteiger partial charge in [-0.15, -0.1) is 11.3 Å². The predicted octanol–water partition coefficient (Wildman–Crippen LogP) is 2.74. The molecule has 0 saturated carbocycles. The first-order chi connectivity index (χ1) is 9.49. The maximum absolute atomic E-state index is 12.2. The first-order valence-corrected chi connectivity index (χ1v) is 7.63. The number of nitrogens with one attached hydrogen (secondary N) is 1. The van der Waals surface area contributed by atoms with E-state index in [1.165, 1.54) is 16.2 Å². The van der Waals surface area contributed by atoms with E-state index in [0.29, 0.717) is 24.0 Å². The number of carbonyl (C=O) groups is 2. The quantitative estimate of drug-likeness (QED) is 0.898. The second kappa shape index (κ2) is 6.21. The number of carboxylic acid groups (broad SMARTS) is 1. The molecule has 1 aliphatic heterocycles. The van der Waals surface area contributed by atoms with E-state index in [9.17, 15) is 9.59 Å². The number of hydrogen-bond acceptors (Lipinski definition) is 4. The van der Waals surface area contributed by atoms with Crippen molar-refractivity contribution >= 4 is 28.5 Å². The fourth-order valence-corrected chi connectivity index (χ4v) is 3.06. The summed E-state index contributed by atoms with van der Waals surface area (Å²) in [6.45, 7) is 4.54. The van der Waals surface area contributed by atoms with Gasteiger partial charge in [0.05, 0.1) is 5.69 Å². The molecule has 1 saturated heterocycles. The highest BCUT2D eigenvalue weighted by Gasteiger charge is 2.32. The first-order valence-electron chi connectivity index (χ1n) is 6.75. The average Bonchev–Trinajstić information content (AvgIpc) is 2.87. The van der Waals surface area contributed by atoms with Gasteiger partial charge in [-0.05, 0) is 25.2 Å². The number of aliphatic carboxylic acids is 1. The van der Waals surface area contributed by atoms with E-state index >= 15 is 0 Å². The molecule has 1 fully saturated rings. The second-order valence-corrected chi connectivity index (χ2v) is 6.06. The van der Waals surface area contributed by atoms with Crippen molar-refractivity contribution in [2.75, 3.05) is 11.9 Å². The van der Waals surface area contributed by atoms with Crippen molar-refractivity contribution in [1.82, 2.24) is 9.88 Å². The molecule has 7 heteroatoms. The Kier molecular flexibility index (Phi) is 4.59. The summed E-state index contributed by atoms with van der Waals surface area (Å²) in [5.41, 5.74) is 0.929. The van der Waals surface area contributed by atoms with Crippen LogP contribution in [-0.2, 0) is 4.79 Å². The Morgan fingerprint density at radius 1 is 1.50 bits per heavy atom. The lowest BCUT2D eigenvalue weighted by molar-refractivity contribution is -0.143. The van der Waals surface area contributed by atoms with E-state index in [-0.39, 0.29) is 6.03 Å². The Bertz CT molecular complexity index is 501. The number of nitrogens with zero attached hydrogens (tertiary/aromatic N) is 2. The highest BCUT2D eigenvalue weighted by molar-refractivity contribution is 7.13. The summed E-state index contributed by atoms with van der Waals surface area (Å²) >= 11 is 1.36. The molecular weight excluding hydrogens is 278 g/mol. The minimum Gasteiger partial charge on any atom is -0.480 e. The number of anilines is 1. The second-order valence-electron chi connectivity index (χ2n) is 5.21. The monoisotopic (exact) mass is 297 g/mol. The molecule has 2 heterocycles. The summed E-state index contributed by atoms with van der Waals surface area (Å²) in [7, 11) is 0. The van der Waals surface area contributed by atoms with Crippen LogP contribution >= 0.6 is 11.3 Å². The number of likely N-dealkylation sites (tertiary alicyclic amines) is 1. The number of carboxylic acids is 1. The van der Waals surface area contributed by atoms with Crippen molar-refractivity contribution in [2.24, 2.45) is 0 Å². The molecule has 1 atom stereocenters. The molecule has 0 radical (unpaired) electrons. The zero-order chi connectivity index (χ0) is 14.7. The van der Waals surface area contributed by atoms with Crippen molar-refractivity contribution in [1.29, 1.82) is 0 Å². The van der Waals surface area contributed by atoms with Crippen molar-refractivity contribution in [3.05, 3.63) is 11.1 Å². The van der Waals surface area contributed by atoms with Crippen LogP contribution in [0, 0.1) is 0 Å². The third kappa shape index (κ3) is 3.27. The fourth-order valence-electron chi connectivity index (χ4n) is 2.20. The van der Waals surface area contributed by atoms with Crippen LogP contribution in [0.1, 0.15) is 44.7 Å². The largest absolute Gasteiger partial charge is 0.480 e. The number of piperidine rings is 1. The zero-order valence-electron chi connectivity index (χ0n) is 11.6. The lowest BCUT2D eigenvalue weighted by Crippen LogP contribution is -2.49. The van der Waals surface area contributed by atoms with Crippen LogP contribution in [0.4, 0.5) is 9.93 Å². The first kappa shape index (κ1) is 14.8. The third-order valence-electron chi connectivity index (χ3n) is 3.38. The molecule has 6 nitrogen and oxygen atoms in total. The number of hydrogen-bond donors (Lipinski definition) is 2. The van der Waals surface area contributed by atoms with Gasteiger partial charge in [-0.25, -0.2) is 14.6 Å². The van der Waals surface area contributed by atoms with Gasteiger partial charge >= 0.3 is 12.0 Å². The van der Waals surface area contributed by atoms with Gasteiger partial charge in [0.15, 0.2) is 5.13 Å². The minimum absolute atomic E-state index is 0.304. The van der Waals surface area contributed by atoms with E-state index in [2.05, 4.69) is 10.3 Å². The SMILES string of the molecule is CC(C)c1csc(NC(=O)N2CCCCC2C(=O)O)n1. The number of aromatic nitrogens is 1. The Morgan fingerprint density at radius 3 is 2.85 bits per heavy atom. The highest BCUT2D eigenvalue weighted by atomic mass is 32.1. The van der Waals surface area contributed by atoms with Gasteiger partial charge in [0.25, 0.3) is 0 Å². The number of amides is 2. The van der Waals surface area contributed by atoms with E-state index in [1.54, 1.807) is 0 Å². The minimum atomic E-state index is -0.943. The van der Waals surface area contributed by atoms with Crippen LogP contribution in [0.25, 0.3) is 0 Å². The summed E-state index contributed by atoms with van der Waals surface area (Å²) in [5, 5.41) is 14.3. The molecular formula is C13H19N3O3S. The van der Waals surface area contributed by atoms with E-state index in [4.69, 9.17) is 5.11 Å². The average molecular weight is 297 g/mol. The molecule has 1 unspecified atom stereocenters. The lowest BCUT2D eigenvalue weighted by atomic mass is 10.0. The summed E-state index contributed by atoms with van der Waals surface area (Å²) in [6, 6.07) is -1.10. The Labute approximate surface area is 121 Å². The van der Waals surface area contributed by atoms with Crippen molar-refractivity contribution in [3.63, 3.8) is 0 Å². The predicted molar refractivity (Wildman–Crippen MR) is 77.2 cm³/mol. The molecule has 20 heavy (non-hydrogen) atoms. The van der Waals surface area contributed by atoms with E-state index in [0.717, 1.165) is 18.5 Å². The molecule has 0 spiro atoms. The topological polar surface area (TPSA) is 82.5 Å². The highest BCUT2D eigenvalue weighted by Crippen LogP contribution is 2.23. The smallest absolute Gasteiger partial charge is 0.326 e. The molecule has 2 N–H and O–H groups in total. The van der Waals surface area contributed by atoms with Crippen LogP contribution in [0.3, 0.4) is 0 Å². The Hall–Kier alpha value is -1.63. The molecule has 1 aromatic rings. The number of rotatable bonds is 3. The van der Waals surface area contributed by atoms with Gasteiger partial charge in [0.2, 0.25) is 0 Å². The molecule has 1 aromatic heterocycles. The van der Waals surface area contributed by atoms with Crippen LogP contribution in [0.15, 0.2) is 5.38 Å². The molecule has 2 rings (SSSR count). The molecule has 0 bridgehead atoms. The molecule has 2 amide bonds. The molecule has 0 aromatic carbocycles. The van der Waals surface area contributed by atoms with Crippen LogP contribution in [0.5, 0.6) is 0 Å². The Morgan fingerprint density at radius 2 is 2.25 bits per heavy atom. The zero-order valence-corrected chi connectivity index (χ0v) is 12.4. The van der Waals surface area contributed by atoms with Gasteiger partial charge < -0.3 is 10.0 Å². The van der Waals surface area contributed by atoms with Gasteiger partial charge in [0.1, 0.15) is 6.04 Å². The summed E-state index contributed by atoms with van der Waals surface area (Å²) in [6.07, 6.45) is 2.19. The van der Waals surface area contributed by atoms with Crippen molar-refractivity contribution in [3.8, 4) is 0 Å². The van der Waals surface area contributed by atoms with Crippen LogP contribution in [0.2, 0.25) is 0 Å². The number of carbonyl (C=O) groups excluding carboxylic acids is 1. The Balaban J connectivity index is 2.04. The molecule has 110 valence electrons. The maximum atomic E-state index is 12.2. The summed E-state index contributed by atoms with van der Waals surface area (Å²) in [5.74, 6) is -0.638. The number of urea groups is 1. The summed E-state index contributed by atoms with van der Waals surface area (Å²) < 4.78 is 0. The summed E-state index contributed by atoms with van der Waals surface area (Å²) in [4.78, 5) is 29.1. The maximum Gasteiger partial charge on any atom is 0.326 e. The normalized spacial score (nSPS) is 19.1. The van der Waals surface area contributed by atoms with Gasteiger partial charge in [-0.2, -0.15) is 0 Å². The van der Waals surface area contributed by atoms with E-state index < -0.39 is 12.0 Å². The van der Waals surface area contributed by atoms with Crippen molar-refractivity contribution in [2.45, 2.75) is 45.1 Å². The molecule has 1 aliphatic rings. The standard InChI is InChI=1S/C13H19N3O3S/c1-8(2)9-7-20-12(14-9)15-13(19)16-6-4-3-5-10(16)11(17)18/h7-8,10H,3-6H2,1-2H3,(H,17,18)(H,14,15,19). The van der Waals surface area contributed by atoms with Gasteiger partial charge in [-0.3, -0.25) is 5.32 Å². The fraction of sp³-hybridized carbons (Fsp3) is 0.615. The van der Waals surface area contributed by atoms with E-state index in [1.807, 2.05) is 19.2 Å². The number of thiazole rings is 1. The van der Waals surface area contributed by atoms with Gasteiger partial charge in [0, 0.05) is 11.9 Å². The third-order valence-corrected chi connectivity index (χ3v) is 4.15.